The van der Waals surface area contributed by atoms with Gasteiger partial charge in [-0.15, -0.1) is 0 Å². The molecule has 0 saturated heterocycles. The van der Waals surface area contributed by atoms with Gasteiger partial charge >= 0.3 is 0 Å². The average Bonchev–Trinajstić information content (AvgIpc) is 2.79. The minimum atomic E-state index is 0.0317. The predicted octanol–water partition coefficient (Wildman–Crippen LogP) is 9.14. The molecular weight excluding hydrogens is 442 g/mol. The Hall–Kier alpha value is -2.84. The van der Waals surface area contributed by atoms with E-state index in [9.17, 15) is 0 Å². The Morgan fingerprint density at radius 2 is 1.57 bits per heavy atom. The lowest BCUT2D eigenvalue weighted by Gasteiger charge is -2.30. The van der Waals surface area contributed by atoms with Crippen molar-refractivity contribution in [3.63, 3.8) is 0 Å². The molecule has 1 aliphatic heterocycles. The SMILES string of the molecule is Cc1ccc2c(C(C)(C)C)c3c(c(C)c2c1)-c1c2c(cc4cc(C(C)C)ccc4c2cc[n+]1C)S3. The van der Waals surface area contributed by atoms with Crippen molar-refractivity contribution in [3.05, 3.63) is 77.0 Å². The summed E-state index contributed by atoms with van der Waals surface area (Å²) in [6.07, 6.45) is 2.26. The third-order valence-electron chi connectivity index (χ3n) is 7.77. The van der Waals surface area contributed by atoms with E-state index in [1.165, 1.54) is 75.6 Å². The van der Waals surface area contributed by atoms with Crippen molar-refractivity contribution < 1.29 is 4.57 Å². The van der Waals surface area contributed by atoms with Gasteiger partial charge in [0.2, 0.25) is 5.69 Å². The summed E-state index contributed by atoms with van der Waals surface area (Å²) in [4.78, 5) is 2.81. The molecule has 0 aliphatic carbocycles. The van der Waals surface area contributed by atoms with Crippen molar-refractivity contribution in [1.29, 1.82) is 0 Å². The highest BCUT2D eigenvalue weighted by molar-refractivity contribution is 8.00. The van der Waals surface area contributed by atoms with Gasteiger partial charge < -0.3 is 0 Å². The number of hydrogen-bond donors (Lipinski definition) is 0. The second kappa shape index (κ2) is 7.58. The molecule has 0 N–H and O–H groups in total. The summed E-state index contributed by atoms with van der Waals surface area (Å²) in [5.74, 6) is 0.522. The Bertz CT molecular complexity index is 1700. The summed E-state index contributed by atoms with van der Waals surface area (Å²) < 4.78 is 2.35. The predicted molar refractivity (Wildman–Crippen MR) is 152 cm³/mol. The van der Waals surface area contributed by atoms with Crippen molar-refractivity contribution in [2.45, 2.75) is 69.6 Å². The average molecular weight is 477 g/mol. The Kier molecular flexibility index (Phi) is 4.90. The lowest BCUT2D eigenvalue weighted by Crippen LogP contribution is -2.32. The number of aromatic nitrogens is 1. The van der Waals surface area contributed by atoms with Crippen LogP contribution in [0.3, 0.4) is 0 Å². The molecule has 1 aliphatic rings. The standard InChI is InChI=1S/C33H34NS/c1-18(2)21-10-12-23-22(16-21)17-27-29-24(23)13-14-34(8)31(29)28-20(4)26-15-19(3)9-11-25(26)30(32(28)35-27)33(5,6)7/h9-18H,1-8H3/q+1. The zero-order valence-electron chi connectivity index (χ0n) is 22.1. The molecule has 2 heterocycles. The van der Waals surface area contributed by atoms with E-state index in [0.29, 0.717) is 5.92 Å². The van der Waals surface area contributed by atoms with Crippen LogP contribution in [0.1, 0.15) is 62.8 Å². The van der Waals surface area contributed by atoms with Gasteiger partial charge in [0, 0.05) is 21.2 Å². The van der Waals surface area contributed by atoms with Crippen LogP contribution in [0.4, 0.5) is 0 Å². The minimum Gasteiger partial charge on any atom is -0.200 e. The second-order valence-electron chi connectivity index (χ2n) is 11.7. The summed E-state index contributed by atoms with van der Waals surface area (Å²) in [6.45, 7) is 16.2. The second-order valence-corrected chi connectivity index (χ2v) is 12.7. The molecule has 35 heavy (non-hydrogen) atoms. The Balaban J connectivity index is 1.82. The first kappa shape index (κ1) is 22.6. The number of rotatable bonds is 1. The molecule has 6 rings (SSSR count). The Labute approximate surface area is 213 Å². The Morgan fingerprint density at radius 3 is 2.29 bits per heavy atom. The van der Waals surface area contributed by atoms with Crippen molar-refractivity contribution in [2.24, 2.45) is 7.05 Å². The van der Waals surface area contributed by atoms with Gasteiger partial charge in [0.25, 0.3) is 0 Å². The molecule has 0 atom stereocenters. The topological polar surface area (TPSA) is 3.88 Å². The molecule has 0 fully saturated rings. The van der Waals surface area contributed by atoms with Crippen LogP contribution >= 0.6 is 11.8 Å². The monoisotopic (exact) mass is 476 g/mol. The van der Waals surface area contributed by atoms with E-state index in [0.717, 1.165) is 0 Å². The van der Waals surface area contributed by atoms with Gasteiger partial charge in [-0.2, -0.15) is 0 Å². The van der Waals surface area contributed by atoms with Crippen LogP contribution in [0.2, 0.25) is 0 Å². The third kappa shape index (κ3) is 3.26. The Morgan fingerprint density at radius 1 is 0.829 bits per heavy atom. The van der Waals surface area contributed by atoms with Gasteiger partial charge in [-0.1, -0.05) is 88.3 Å². The van der Waals surface area contributed by atoms with E-state index < -0.39 is 0 Å². The van der Waals surface area contributed by atoms with E-state index in [4.69, 9.17) is 0 Å². The van der Waals surface area contributed by atoms with Crippen LogP contribution in [-0.2, 0) is 12.5 Å². The van der Waals surface area contributed by atoms with Crippen LogP contribution in [0.5, 0.6) is 0 Å². The number of benzene rings is 4. The molecule has 4 aromatic carbocycles. The molecule has 2 heteroatoms. The molecule has 0 unspecified atom stereocenters. The summed E-state index contributed by atoms with van der Waals surface area (Å²) in [7, 11) is 2.21. The molecule has 0 radical (unpaired) electrons. The number of nitrogens with zero attached hydrogens (tertiary/aromatic N) is 1. The van der Waals surface area contributed by atoms with Crippen molar-refractivity contribution in [2.75, 3.05) is 0 Å². The maximum atomic E-state index is 2.45. The van der Waals surface area contributed by atoms with Crippen LogP contribution < -0.4 is 4.57 Å². The maximum Gasteiger partial charge on any atom is 0.222 e. The van der Waals surface area contributed by atoms with Crippen LogP contribution in [0, 0.1) is 13.8 Å². The maximum absolute atomic E-state index is 2.45. The van der Waals surface area contributed by atoms with Crippen LogP contribution in [0.15, 0.2) is 64.5 Å². The van der Waals surface area contributed by atoms with E-state index in [2.05, 4.69) is 115 Å². The van der Waals surface area contributed by atoms with Gasteiger partial charge in [-0.25, -0.2) is 4.57 Å². The summed E-state index contributed by atoms with van der Waals surface area (Å²) in [5.41, 5.74) is 8.38. The van der Waals surface area contributed by atoms with E-state index in [1.807, 2.05) is 11.8 Å². The highest BCUT2D eigenvalue weighted by Crippen LogP contribution is 2.54. The third-order valence-corrected chi connectivity index (χ3v) is 8.92. The number of hydrogen-bond acceptors (Lipinski definition) is 1. The van der Waals surface area contributed by atoms with Crippen molar-refractivity contribution in [1.82, 2.24) is 0 Å². The highest BCUT2D eigenvalue weighted by atomic mass is 32.2. The minimum absolute atomic E-state index is 0.0317. The van der Waals surface area contributed by atoms with Crippen LogP contribution in [-0.4, -0.2) is 0 Å². The molecule has 5 aromatic rings. The van der Waals surface area contributed by atoms with E-state index >= 15 is 0 Å². The first-order valence-electron chi connectivity index (χ1n) is 12.7. The molecule has 1 aromatic heterocycles. The molecular formula is C33H34NS+. The lowest BCUT2D eigenvalue weighted by molar-refractivity contribution is -0.659. The van der Waals surface area contributed by atoms with Gasteiger partial charge in [0.1, 0.15) is 7.05 Å². The molecule has 176 valence electrons. The molecule has 0 amide bonds. The fraction of sp³-hybridized carbons (Fsp3) is 0.303. The highest BCUT2D eigenvalue weighted by Gasteiger charge is 2.35. The number of fused-ring (bicyclic) bond motifs is 5. The van der Waals surface area contributed by atoms with Crippen molar-refractivity contribution >= 4 is 44.1 Å². The first-order valence-corrected chi connectivity index (χ1v) is 13.5. The van der Waals surface area contributed by atoms with Gasteiger partial charge in [0.05, 0.1) is 10.9 Å². The largest absolute Gasteiger partial charge is 0.222 e. The quantitative estimate of drug-likeness (QED) is 0.169. The molecule has 1 nitrogen and oxygen atoms in total. The van der Waals surface area contributed by atoms with Gasteiger partial charge in [-0.05, 0) is 69.5 Å². The number of aryl methyl sites for hydroxylation is 3. The smallest absolute Gasteiger partial charge is 0.200 e. The molecule has 0 saturated carbocycles. The summed E-state index contributed by atoms with van der Waals surface area (Å²) in [5, 5.41) is 8.24. The summed E-state index contributed by atoms with van der Waals surface area (Å²) in [6, 6.07) is 18.8. The zero-order valence-corrected chi connectivity index (χ0v) is 22.9. The van der Waals surface area contributed by atoms with E-state index in [1.54, 1.807) is 0 Å². The van der Waals surface area contributed by atoms with Gasteiger partial charge in [0.15, 0.2) is 6.20 Å². The first-order chi connectivity index (χ1) is 16.6. The van der Waals surface area contributed by atoms with Crippen LogP contribution in [0.25, 0.3) is 43.6 Å². The summed E-state index contributed by atoms with van der Waals surface area (Å²) >= 11 is 1.99. The molecule has 0 spiro atoms. The lowest BCUT2D eigenvalue weighted by atomic mass is 9.79. The zero-order chi connectivity index (χ0) is 24.8. The fourth-order valence-corrected chi connectivity index (χ4v) is 7.59. The van der Waals surface area contributed by atoms with E-state index in [-0.39, 0.29) is 5.41 Å². The van der Waals surface area contributed by atoms with Gasteiger partial charge in [-0.3, -0.25) is 0 Å². The normalized spacial score (nSPS) is 13.3. The number of pyridine rings is 1. The molecule has 0 bridgehead atoms. The fourth-order valence-electron chi connectivity index (χ4n) is 6.00. The van der Waals surface area contributed by atoms with Crippen molar-refractivity contribution in [3.8, 4) is 11.3 Å².